The Bertz CT molecular complexity index is 1800. The summed E-state index contributed by atoms with van der Waals surface area (Å²) in [5.41, 5.74) is 17.2. The fourth-order valence-corrected chi connectivity index (χ4v) is 5.88. The van der Waals surface area contributed by atoms with Crippen LogP contribution in [0.5, 0.6) is 0 Å². The van der Waals surface area contributed by atoms with Gasteiger partial charge in [0.25, 0.3) is 0 Å². The number of aromatic nitrogens is 2. The second-order valence-electron chi connectivity index (χ2n) is 9.21. The minimum Gasteiger partial charge on any atom is -0.204 e. The number of hydrogen-bond donors (Lipinski definition) is 0. The van der Waals surface area contributed by atoms with Gasteiger partial charge in [0.1, 0.15) is 0 Å². The van der Waals surface area contributed by atoms with Crippen LogP contribution in [-0.4, -0.2) is 13.1 Å². The molecule has 2 aromatic heterocycles. The minimum atomic E-state index is 0.426. The van der Waals surface area contributed by atoms with Crippen molar-refractivity contribution in [3.63, 3.8) is 0 Å². The smallest absolute Gasteiger partial charge is 0.176 e. The summed E-state index contributed by atoms with van der Waals surface area (Å²) in [5.74, 6) is 0. The molecule has 0 fully saturated rings. The van der Waals surface area contributed by atoms with Crippen LogP contribution in [0, 0.1) is 0 Å². The maximum atomic E-state index is 8.62. The molecule has 8 nitrogen and oxygen atoms in total. The van der Waals surface area contributed by atoms with E-state index in [2.05, 4.69) is 103 Å². The second kappa shape index (κ2) is 7.82. The molecule has 0 aliphatic heterocycles. The van der Waals surface area contributed by atoms with Crippen molar-refractivity contribution in [2.45, 2.75) is 13.1 Å². The fourth-order valence-electron chi connectivity index (χ4n) is 5.88. The Labute approximate surface area is 204 Å². The second-order valence-corrected chi connectivity index (χ2v) is 9.21. The molecule has 0 spiro atoms. The highest BCUT2D eigenvalue weighted by Crippen LogP contribution is 2.44. The molecule has 0 amide bonds. The van der Waals surface area contributed by atoms with E-state index in [9.17, 15) is 0 Å². The van der Waals surface area contributed by atoms with Gasteiger partial charge < -0.3 is 0 Å². The van der Waals surface area contributed by atoms with Gasteiger partial charge in [-0.3, -0.25) is 0 Å². The molecule has 0 saturated heterocycles. The van der Waals surface area contributed by atoms with Gasteiger partial charge in [0.15, 0.2) is 37.9 Å². The van der Waals surface area contributed by atoms with Gasteiger partial charge in [-0.15, -0.1) is 0 Å². The number of azide groups is 2. The van der Waals surface area contributed by atoms with Crippen LogP contribution in [0.4, 0.5) is 0 Å². The van der Waals surface area contributed by atoms with Crippen molar-refractivity contribution in [2.75, 3.05) is 13.1 Å². The summed E-state index contributed by atoms with van der Waals surface area (Å²) < 4.78 is 4.21. The molecule has 36 heavy (non-hydrogen) atoms. The Balaban J connectivity index is 1.53. The zero-order valence-electron chi connectivity index (χ0n) is 19.3. The van der Waals surface area contributed by atoms with E-state index in [-0.39, 0.29) is 0 Å². The van der Waals surface area contributed by atoms with E-state index in [0.29, 0.717) is 26.2 Å². The number of benzene rings is 5. The third kappa shape index (κ3) is 2.89. The molecule has 5 aromatic carbocycles. The molecule has 0 bridgehead atoms. The van der Waals surface area contributed by atoms with Crippen molar-refractivity contribution in [3.05, 3.63) is 94.2 Å². The van der Waals surface area contributed by atoms with Crippen LogP contribution in [0.2, 0.25) is 0 Å². The van der Waals surface area contributed by atoms with E-state index in [1.165, 1.54) is 64.6 Å². The standard InChI is InChI=1S/C28H20N8/c29-33-31-9-11-35-13-17-1-5-21-22-6-3-19-15-36(12-10-32-34-30)16-20-4-8-24(28(22)26(19)20)23-7-2-18(14-35)25(17)27(21)23/h1-8,13-16H,9-12H2/q+2. The van der Waals surface area contributed by atoms with Crippen molar-refractivity contribution in [1.29, 1.82) is 0 Å². The Morgan fingerprint density at radius 2 is 0.833 bits per heavy atom. The van der Waals surface area contributed by atoms with E-state index in [0.717, 1.165) is 0 Å². The normalized spacial score (nSPS) is 11.8. The van der Waals surface area contributed by atoms with Gasteiger partial charge >= 0.3 is 0 Å². The largest absolute Gasteiger partial charge is 0.204 e. The van der Waals surface area contributed by atoms with E-state index in [1.807, 2.05) is 0 Å². The summed E-state index contributed by atoms with van der Waals surface area (Å²) in [5, 5.41) is 22.3. The van der Waals surface area contributed by atoms with E-state index in [1.54, 1.807) is 0 Å². The van der Waals surface area contributed by atoms with Crippen molar-refractivity contribution >= 4 is 64.6 Å². The van der Waals surface area contributed by atoms with Crippen LogP contribution < -0.4 is 9.13 Å². The predicted octanol–water partition coefficient (Wildman–Crippen LogP) is 6.68. The summed E-state index contributed by atoms with van der Waals surface area (Å²) in [6, 6.07) is 17.8. The zero-order valence-corrected chi connectivity index (χ0v) is 19.3. The summed E-state index contributed by atoms with van der Waals surface area (Å²) in [4.78, 5) is 5.75. The molecule has 2 heterocycles. The number of pyridine rings is 2. The highest BCUT2D eigenvalue weighted by Gasteiger charge is 2.20. The first-order valence-electron chi connectivity index (χ1n) is 11.9. The molecule has 0 atom stereocenters. The highest BCUT2D eigenvalue weighted by molar-refractivity contribution is 6.39. The summed E-state index contributed by atoms with van der Waals surface area (Å²) in [7, 11) is 0. The average molecular weight is 469 g/mol. The lowest BCUT2D eigenvalue weighted by Crippen LogP contribution is -2.34. The topological polar surface area (TPSA) is 105 Å². The molecule has 170 valence electrons. The van der Waals surface area contributed by atoms with Gasteiger partial charge in [-0.25, -0.2) is 9.13 Å². The van der Waals surface area contributed by atoms with Crippen molar-refractivity contribution < 1.29 is 9.13 Å². The molecule has 7 rings (SSSR count). The lowest BCUT2D eigenvalue weighted by atomic mass is 9.86. The minimum absolute atomic E-state index is 0.426. The first-order chi connectivity index (χ1) is 17.8. The number of fused-ring (bicyclic) bond motifs is 2. The fraction of sp³-hybridized carbons (Fsp3) is 0.143. The molecule has 0 N–H and O–H groups in total. The summed E-state index contributed by atoms with van der Waals surface area (Å²) >= 11 is 0. The first kappa shape index (κ1) is 20.5. The Kier molecular flexibility index (Phi) is 4.45. The van der Waals surface area contributed by atoms with E-state index >= 15 is 0 Å². The number of rotatable bonds is 6. The van der Waals surface area contributed by atoms with Crippen molar-refractivity contribution in [2.24, 2.45) is 10.2 Å². The SMILES string of the molecule is [N-]=[N+]=NCC[n+]1cc2ccc3c4ccc5c[n+](CCN=[N+]=[N-])cc6ccc(c7ccc(c1)c2c37)c4c56. The lowest BCUT2D eigenvalue weighted by Gasteiger charge is -2.17. The zero-order chi connectivity index (χ0) is 24.2. The average Bonchev–Trinajstić information content (AvgIpc) is 2.90. The van der Waals surface area contributed by atoms with Crippen molar-refractivity contribution in [3.8, 4) is 0 Å². The summed E-state index contributed by atoms with van der Waals surface area (Å²) in [6.45, 7) is 2.15. The van der Waals surface area contributed by atoms with Gasteiger partial charge in [0.2, 0.25) is 0 Å². The molecular formula is C28H20N8+2. The Morgan fingerprint density at radius 1 is 0.500 bits per heavy atom. The van der Waals surface area contributed by atoms with Crippen LogP contribution in [0.25, 0.3) is 85.5 Å². The van der Waals surface area contributed by atoms with E-state index < -0.39 is 0 Å². The third-order valence-corrected chi connectivity index (χ3v) is 7.29. The van der Waals surface area contributed by atoms with Crippen LogP contribution in [0.3, 0.4) is 0 Å². The Hall–Kier alpha value is -4.90. The molecule has 0 aliphatic rings. The number of hydrogen-bond acceptors (Lipinski definition) is 2. The maximum Gasteiger partial charge on any atom is 0.176 e. The Morgan fingerprint density at radius 3 is 1.14 bits per heavy atom. The number of nitrogens with zero attached hydrogens (tertiary/aromatic N) is 8. The molecule has 0 unspecified atom stereocenters. The monoisotopic (exact) mass is 468 g/mol. The van der Waals surface area contributed by atoms with Gasteiger partial charge in [0, 0.05) is 42.1 Å². The van der Waals surface area contributed by atoms with Crippen molar-refractivity contribution in [1.82, 2.24) is 0 Å². The molecule has 0 saturated carbocycles. The third-order valence-electron chi connectivity index (χ3n) is 7.29. The maximum absolute atomic E-state index is 8.62. The van der Waals surface area contributed by atoms with Crippen LogP contribution in [0.15, 0.2) is 83.5 Å². The molecule has 0 aliphatic carbocycles. The lowest BCUT2D eigenvalue weighted by molar-refractivity contribution is -0.692. The molecule has 7 aromatic rings. The first-order valence-corrected chi connectivity index (χ1v) is 11.9. The molecule has 8 heteroatoms. The van der Waals surface area contributed by atoms with Gasteiger partial charge in [-0.1, -0.05) is 34.5 Å². The van der Waals surface area contributed by atoms with Gasteiger partial charge in [0.05, 0.1) is 13.1 Å². The predicted molar refractivity (Wildman–Crippen MR) is 142 cm³/mol. The van der Waals surface area contributed by atoms with Crippen LogP contribution in [0.1, 0.15) is 0 Å². The van der Waals surface area contributed by atoms with Crippen LogP contribution >= 0.6 is 0 Å². The highest BCUT2D eigenvalue weighted by atomic mass is 15.1. The van der Waals surface area contributed by atoms with Gasteiger partial charge in [-0.05, 0) is 67.6 Å². The molecular weight excluding hydrogens is 448 g/mol. The molecule has 0 radical (unpaired) electrons. The van der Waals surface area contributed by atoms with Crippen LogP contribution in [-0.2, 0) is 13.1 Å². The van der Waals surface area contributed by atoms with E-state index in [4.69, 9.17) is 11.1 Å². The van der Waals surface area contributed by atoms with Gasteiger partial charge in [-0.2, -0.15) is 0 Å². The summed E-state index contributed by atoms with van der Waals surface area (Å²) in [6.07, 6.45) is 8.58. The quantitative estimate of drug-likeness (QED) is 0.0649.